The van der Waals surface area contributed by atoms with Gasteiger partial charge in [-0.25, -0.2) is 18.7 Å². The highest BCUT2D eigenvalue weighted by Crippen LogP contribution is 2.31. The summed E-state index contributed by atoms with van der Waals surface area (Å²) in [4.78, 5) is 23.9. The quantitative estimate of drug-likeness (QED) is 0.488. The fourth-order valence-corrected chi connectivity index (χ4v) is 5.10. The van der Waals surface area contributed by atoms with Gasteiger partial charge in [0.25, 0.3) is 5.91 Å². The molecule has 6 nitrogen and oxygen atoms in total. The SMILES string of the molecule is O=C(NCC(c1scnc1CF)N1CCC(Oc2ccccn2)CC1)c1c(F)cccc1Cl. The van der Waals surface area contributed by atoms with Crippen molar-refractivity contribution in [3.63, 3.8) is 0 Å². The van der Waals surface area contributed by atoms with Gasteiger partial charge in [0.2, 0.25) is 5.88 Å². The fourth-order valence-electron chi connectivity index (χ4n) is 3.92. The van der Waals surface area contributed by atoms with Crippen molar-refractivity contribution in [2.24, 2.45) is 0 Å². The van der Waals surface area contributed by atoms with Crippen LogP contribution in [-0.2, 0) is 6.67 Å². The summed E-state index contributed by atoms with van der Waals surface area (Å²) in [6.07, 6.45) is 3.21. The van der Waals surface area contributed by atoms with Gasteiger partial charge in [-0.05, 0) is 31.0 Å². The summed E-state index contributed by atoms with van der Waals surface area (Å²) in [5.41, 5.74) is 1.76. The van der Waals surface area contributed by atoms with Gasteiger partial charge in [0.1, 0.15) is 18.6 Å². The maximum Gasteiger partial charge on any atom is 0.255 e. The van der Waals surface area contributed by atoms with E-state index < -0.39 is 18.4 Å². The molecule has 33 heavy (non-hydrogen) atoms. The lowest BCUT2D eigenvalue weighted by molar-refractivity contribution is 0.0696. The molecule has 3 heterocycles. The van der Waals surface area contributed by atoms with E-state index in [2.05, 4.69) is 20.2 Å². The number of carbonyl (C=O) groups excluding carboxylic acids is 1. The predicted octanol–water partition coefficient (Wildman–Crippen LogP) is 4.81. The molecule has 1 aromatic carbocycles. The van der Waals surface area contributed by atoms with Crippen LogP contribution < -0.4 is 10.1 Å². The number of thiazole rings is 1. The number of hydrogen-bond donors (Lipinski definition) is 1. The number of pyridine rings is 1. The van der Waals surface area contributed by atoms with E-state index >= 15 is 0 Å². The van der Waals surface area contributed by atoms with Gasteiger partial charge in [-0.3, -0.25) is 9.69 Å². The van der Waals surface area contributed by atoms with Crippen molar-refractivity contribution in [1.29, 1.82) is 0 Å². The van der Waals surface area contributed by atoms with Crippen LogP contribution in [0.25, 0.3) is 0 Å². The minimum absolute atomic E-state index is 0.0192. The van der Waals surface area contributed by atoms with E-state index in [1.54, 1.807) is 11.7 Å². The Kier molecular flexibility index (Phi) is 7.85. The van der Waals surface area contributed by atoms with E-state index in [9.17, 15) is 13.6 Å². The molecule has 0 saturated carbocycles. The molecular weight excluding hydrogens is 470 g/mol. The van der Waals surface area contributed by atoms with Gasteiger partial charge >= 0.3 is 0 Å². The summed E-state index contributed by atoms with van der Waals surface area (Å²) in [5, 5.41) is 2.82. The third kappa shape index (κ3) is 5.66. The van der Waals surface area contributed by atoms with Crippen molar-refractivity contribution in [2.45, 2.75) is 31.7 Å². The second-order valence-corrected chi connectivity index (χ2v) is 8.93. The van der Waals surface area contributed by atoms with Gasteiger partial charge in [0.15, 0.2) is 0 Å². The molecule has 0 bridgehead atoms. The lowest BCUT2D eigenvalue weighted by Crippen LogP contribution is -2.44. The maximum absolute atomic E-state index is 14.2. The number of piperidine rings is 1. The van der Waals surface area contributed by atoms with Crippen LogP contribution in [0.3, 0.4) is 0 Å². The summed E-state index contributed by atoms with van der Waals surface area (Å²) >= 11 is 7.38. The smallest absolute Gasteiger partial charge is 0.255 e. The molecule has 0 aliphatic carbocycles. The average Bonchev–Trinajstić information content (AvgIpc) is 3.29. The second-order valence-electron chi connectivity index (χ2n) is 7.64. The van der Waals surface area contributed by atoms with E-state index in [4.69, 9.17) is 16.3 Å². The first kappa shape index (κ1) is 23.5. The molecule has 1 aliphatic heterocycles. The van der Waals surface area contributed by atoms with Crippen LogP contribution >= 0.6 is 22.9 Å². The normalized spacial score (nSPS) is 15.8. The number of rotatable bonds is 8. The summed E-state index contributed by atoms with van der Waals surface area (Å²) in [6.45, 7) is 0.844. The van der Waals surface area contributed by atoms with Crippen molar-refractivity contribution < 1.29 is 18.3 Å². The molecule has 4 rings (SSSR count). The Morgan fingerprint density at radius 3 is 2.76 bits per heavy atom. The van der Waals surface area contributed by atoms with Gasteiger partial charge in [0, 0.05) is 36.8 Å². The molecule has 2 aromatic heterocycles. The molecule has 0 radical (unpaired) electrons. The van der Waals surface area contributed by atoms with Crippen LogP contribution in [0.4, 0.5) is 8.78 Å². The molecule has 1 saturated heterocycles. The highest BCUT2D eigenvalue weighted by molar-refractivity contribution is 7.09. The molecule has 1 N–H and O–H groups in total. The van der Waals surface area contributed by atoms with E-state index in [0.717, 1.165) is 17.7 Å². The van der Waals surface area contributed by atoms with Crippen LogP contribution in [0.15, 0.2) is 48.1 Å². The van der Waals surface area contributed by atoms with Crippen LogP contribution in [0, 0.1) is 5.82 Å². The number of likely N-dealkylation sites (tertiary alicyclic amines) is 1. The topological polar surface area (TPSA) is 67.4 Å². The van der Waals surface area contributed by atoms with Crippen molar-refractivity contribution in [3.05, 3.63) is 75.1 Å². The number of halogens is 3. The Balaban J connectivity index is 1.45. The second kappa shape index (κ2) is 11.0. The number of hydrogen-bond acceptors (Lipinski definition) is 6. The minimum atomic E-state index is -0.693. The number of nitrogens with zero attached hydrogens (tertiary/aromatic N) is 3. The lowest BCUT2D eigenvalue weighted by atomic mass is 10.0. The Labute approximate surface area is 199 Å². The van der Waals surface area contributed by atoms with E-state index in [0.29, 0.717) is 24.7 Å². The van der Waals surface area contributed by atoms with E-state index in [1.807, 2.05) is 18.2 Å². The highest BCUT2D eigenvalue weighted by atomic mass is 35.5. The van der Waals surface area contributed by atoms with Crippen LogP contribution in [0.5, 0.6) is 5.88 Å². The Hall–Kier alpha value is -2.62. The number of amides is 1. The largest absolute Gasteiger partial charge is 0.474 e. The van der Waals surface area contributed by atoms with Crippen LogP contribution in [-0.4, -0.2) is 46.5 Å². The van der Waals surface area contributed by atoms with E-state index in [1.165, 1.54) is 29.5 Å². The predicted molar refractivity (Wildman–Crippen MR) is 123 cm³/mol. The van der Waals surface area contributed by atoms with Gasteiger partial charge in [-0.2, -0.15) is 0 Å². The summed E-state index contributed by atoms with van der Waals surface area (Å²) < 4.78 is 33.7. The molecular formula is C23H23ClF2N4O2S. The molecule has 1 unspecified atom stereocenters. The molecule has 0 spiro atoms. The molecule has 1 aliphatic rings. The van der Waals surface area contributed by atoms with Crippen molar-refractivity contribution in [3.8, 4) is 5.88 Å². The zero-order chi connectivity index (χ0) is 23.2. The number of carbonyl (C=O) groups is 1. The molecule has 10 heteroatoms. The molecule has 1 fully saturated rings. The van der Waals surface area contributed by atoms with Crippen molar-refractivity contribution in [2.75, 3.05) is 19.6 Å². The number of nitrogens with one attached hydrogen (secondary N) is 1. The zero-order valence-corrected chi connectivity index (χ0v) is 19.3. The molecule has 1 atom stereocenters. The molecule has 174 valence electrons. The monoisotopic (exact) mass is 492 g/mol. The third-order valence-corrected chi connectivity index (χ3v) is 6.88. The van der Waals surface area contributed by atoms with E-state index in [-0.39, 0.29) is 29.3 Å². The van der Waals surface area contributed by atoms with Crippen LogP contribution in [0.2, 0.25) is 5.02 Å². The van der Waals surface area contributed by atoms with Crippen molar-refractivity contribution in [1.82, 2.24) is 20.2 Å². The first-order valence-corrected chi connectivity index (χ1v) is 11.8. The average molecular weight is 493 g/mol. The fraction of sp³-hybridized carbons (Fsp3) is 0.348. The summed E-state index contributed by atoms with van der Waals surface area (Å²) in [6, 6.07) is 9.33. The number of alkyl halides is 1. The van der Waals surface area contributed by atoms with Crippen molar-refractivity contribution >= 4 is 28.8 Å². The van der Waals surface area contributed by atoms with Gasteiger partial charge in [-0.1, -0.05) is 23.7 Å². The number of ether oxygens (including phenoxy) is 1. The first-order chi connectivity index (χ1) is 16.1. The van der Waals surface area contributed by atoms with Gasteiger partial charge in [-0.15, -0.1) is 11.3 Å². The Bertz CT molecular complexity index is 1060. The number of aromatic nitrogens is 2. The standard InChI is InChI=1S/C23H23ClF2N4O2S/c24-16-4-3-5-17(26)21(16)23(31)28-13-19(22-18(12-25)29-14-33-22)30-10-7-15(8-11-30)32-20-6-1-2-9-27-20/h1-6,9,14-15,19H,7-8,10-13H2,(H,28,31). The third-order valence-electron chi connectivity index (χ3n) is 5.59. The maximum atomic E-state index is 14.2. The van der Waals surface area contributed by atoms with Crippen LogP contribution in [0.1, 0.15) is 39.8 Å². The minimum Gasteiger partial charge on any atom is -0.474 e. The summed E-state index contributed by atoms with van der Waals surface area (Å²) in [5.74, 6) is -0.710. The summed E-state index contributed by atoms with van der Waals surface area (Å²) in [7, 11) is 0. The first-order valence-electron chi connectivity index (χ1n) is 10.6. The molecule has 1 amide bonds. The Morgan fingerprint density at radius 1 is 1.24 bits per heavy atom. The number of benzene rings is 1. The zero-order valence-electron chi connectivity index (χ0n) is 17.7. The van der Waals surface area contributed by atoms with Gasteiger partial charge < -0.3 is 10.1 Å². The lowest BCUT2D eigenvalue weighted by Gasteiger charge is -2.37. The van der Waals surface area contributed by atoms with Gasteiger partial charge in [0.05, 0.1) is 27.8 Å². The molecule has 3 aromatic rings. The highest BCUT2D eigenvalue weighted by Gasteiger charge is 2.30. The Morgan fingerprint density at radius 2 is 2.06 bits per heavy atom.